The summed E-state index contributed by atoms with van der Waals surface area (Å²) in [6.45, 7) is 7.14. The lowest BCUT2D eigenvalue weighted by Crippen LogP contribution is -2.19. The molecule has 1 amide bonds. The topological polar surface area (TPSA) is 119 Å². The van der Waals surface area contributed by atoms with Gasteiger partial charge in [-0.3, -0.25) is 4.79 Å². The molecular formula is C17H30N2O4. The second-order valence-corrected chi connectivity index (χ2v) is 5.54. The maximum atomic E-state index is 11.0. The van der Waals surface area contributed by atoms with E-state index in [2.05, 4.69) is 0 Å². The number of aliphatic hydroxyl groups is 2. The lowest BCUT2D eigenvalue weighted by atomic mass is 10.0. The first-order chi connectivity index (χ1) is 10.7. The molecule has 6 heteroatoms. The molecule has 6 N–H and O–H groups in total. The summed E-state index contributed by atoms with van der Waals surface area (Å²) in [6.07, 6.45) is 2.11. The molecule has 132 valence electrons. The molecule has 6 nitrogen and oxygen atoms in total. The van der Waals surface area contributed by atoms with Crippen molar-refractivity contribution in [1.82, 2.24) is 0 Å². The highest BCUT2D eigenvalue weighted by atomic mass is 16.5. The number of amides is 1. The second kappa shape index (κ2) is 10.3. The maximum absolute atomic E-state index is 11.0. The number of hydrogen-bond acceptors (Lipinski definition) is 5. The van der Waals surface area contributed by atoms with Gasteiger partial charge in [0.15, 0.2) is 5.79 Å². The van der Waals surface area contributed by atoms with E-state index in [1.54, 1.807) is 12.1 Å². The highest BCUT2D eigenvalue weighted by Gasteiger charge is 2.25. The molecule has 1 aromatic rings. The predicted octanol–water partition coefficient (Wildman–Crippen LogP) is 1.70. The Morgan fingerprint density at radius 3 is 2.30 bits per heavy atom. The molecule has 0 spiro atoms. The highest BCUT2D eigenvalue weighted by molar-refractivity contribution is 5.92. The van der Waals surface area contributed by atoms with Crippen molar-refractivity contribution in [3.8, 4) is 0 Å². The van der Waals surface area contributed by atoms with Gasteiger partial charge in [-0.05, 0) is 44.4 Å². The van der Waals surface area contributed by atoms with Crippen LogP contribution in [0.5, 0.6) is 0 Å². The van der Waals surface area contributed by atoms with E-state index in [1.807, 2.05) is 26.0 Å². The number of carbonyl (C=O) groups excluding carboxylic acids is 1. The normalized spacial score (nSPS) is 20.0. The monoisotopic (exact) mass is 326 g/mol. The third-order valence-corrected chi connectivity index (χ3v) is 2.91. The summed E-state index contributed by atoms with van der Waals surface area (Å²) in [5, 5.41) is 16.2. The molecule has 2 unspecified atom stereocenters. The zero-order valence-corrected chi connectivity index (χ0v) is 14.5. The molecule has 2 rings (SSSR count). The summed E-state index contributed by atoms with van der Waals surface area (Å²) >= 11 is 0. The summed E-state index contributed by atoms with van der Waals surface area (Å²) in [7, 11) is 0. The zero-order valence-electron chi connectivity index (χ0n) is 14.5. The number of benzene rings is 1. The van der Waals surface area contributed by atoms with Gasteiger partial charge in [0.2, 0.25) is 5.91 Å². The van der Waals surface area contributed by atoms with E-state index >= 15 is 0 Å². The summed E-state index contributed by atoms with van der Waals surface area (Å²) in [5.41, 5.74) is 12.3. The summed E-state index contributed by atoms with van der Waals surface area (Å²) in [6, 6.07) is 7.29. The first kappa shape index (κ1) is 21.5. The van der Waals surface area contributed by atoms with E-state index in [1.165, 1.54) is 13.8 Å². The van der Waals surface area contributed by atoms with E-state index < -0.39 is 11.7 Å². The van der Waals surface area contributed by atoms with Crippen molar-refractivity contribution < 1.29 is 19.7 Å². The minimum Gasteiger partial charge on any atom is -0.369 e. The lowest BCUT2D eigenvalue weighted by molar-refractivity contribution is -0.127. The molecule has 1 heterocycles. The van der Waals surface area contributed by atoms with E-state index in [0.29, 0.717) is 12.1 Å². The lowest BCUT2D eigenvalue weighted by Gasteiger charge is -2.13. The van der Waals surface area contributed by atoms with Crippen molar-refractivity contribution in [3.05, 3.63) is 35.4 Å². The molecule has 0 aromatic heterocycles. The fourth-order valence-corrected chi connectivity index (χ4v) is 2.02. The number of ether oxygens (including phenoxy) is 1. The highest BCUT2D eigenvalue weighted by Crippen LogP contribution is 2.32. The van der Waals surface area contributed by atoms with Crippen molar-refractivity contribution in [2.45, 2.75) is 58.5 Å². The van der Waals surface area contributed by atoms with Crippen molar-refractivity contribution >= 4 is 5.91 Å². The molecule has 0 saturated carbocycles. The number of rotatable bonds is 3. The Balaban J connectivity index is 0.000000594. The smallest absolute Gasteiger partial charge is 0.248 e. The van der Waals surface area contributed by atoms with Crippen molar-refractivity contribution in [2.75, 3.05) is 6.54 Å². The van der Waals surface area contributed by atoms with Gasteiger partial charge >= 0.3 is 0 Å². The molecule has 1 fully saturated rings. The van der Waals surface area contributed by atoms with Gasteiger partial charge in [-0.1, -0.05) is 26.0 Å². The second-order valence-electron chi connectivity index (χ2n) is 5.54. The van der Waals surface area contributed by atoms with E-state index in [9.17, 15) is 4.79 Å². The first-order valence-corrected chi connectivity index (χ1v) is 7.90. The van der Waals surface area contributed by atoms with Gasteiger partial charge in [0.1, 0.15) is 0 Å². The van der Waals surface area contributed by atoms with Gasteiger partial charge in [0.25, 0.3) is 0 Å². The van der Waals surface area contributed by atoms with Crippen LogP contribution in [0.2, 0.25) is 0 Å². The molecule has 1 aliphatic heterocycles. The van der Waals surface area contributed by atoms with Crippen LogP contribution in [-0.2, 0) is 4.74 Å². The van der Waals surface area contributed by atoms with Crippen LogP contribution in [0.1, 0.15) is 62.6 Å². The third-order valence-electron chi connectivity index (χ3n) is 2.91. The molecule has 23 heavy (non-hydrogen) atoms. The zero-order chi connectivity index (χ0) is 18.0. The Kier molecular flexibility index (Phi) is 9.67. The van der Waals surface area contributed by atoms with Gasteiger partial charge in [-0.2, -0.15) is 0 Å². The molecule has 0 bridgehead atoms. The average Bonchev–Trinajstić information content (AvgIpc) is 2.97. The molecule has 1 aromatic carbocycles. The molecule has 2 atom stereocenters. The first-order valence-electron chi connectivity index (χ1n) is 7.90. The van der Waals surface area contributed by atoms with Gasteiger partial charge in [-0.25, -0.2) is 0 Å². The van der Waals surface area contributed by atoms with E-state index in [-0.39, 0.29) is 12.2 Å². The summed E-state index contributed by atoms with van der Waals surface area (Å²) in [4.78, 5) is 11.0. The molecule has 0 aliphatic carbocycles. The van der Waals surface area contributed by atoms with Crippen LogP contribution in [0.4, 0.5) is 0 Å². The predicted molar refractivity (Wildman–Crippen MR) is 90.7 cm³/mol. The van der Waals surface area contributed by atoms with Crippen molar-refractivity contribution in [1.29, 1.82) is 0 Å². The Hall–Kier alpha value is -1.47. The van der Waals surface area contributed by atoms with Gasteiger partial charge < -0.3 is 26.4 Å². The third kappa shape index (κ3) is 9.30. The van der Waals surface area contributed by atoms with E-state index in [0.717, 1.165) is 18.4 Å². The number of primary amides is 1. The largest absolute Gasteiger partial charge is 0.369 e. The minimum absolute atomic E-state index is 0.0489. The SMILES string of the molecule is CC.CC(C)(O)O.NCC1CCC(c2cccc(C(N)=O)c2)O1. The van der Waals surface area contributed by atoms with Gasteiger partial charge in [0, 0.05) is 12.1 Å². The van der Waals surface area contributed by atoms with Gasteiger partial charge in [0.05, 0.1) is 12.2 Å². The molecule has 1 aliphatic rings. The summed E-state index contributed by atoms with van der Waals surface area (Å²) < 4.78 is 5.75. The van der Waals surface area contributed by atoms with Crippen molar-refractivity contribution in [2.24, 2.45) is 11.5 Å². The number of hydrogen-bond donors (Lipinski definition) is 4. The summed E-state index contributed by atoms with van der Waals surface area (Å²) in [5.74, 6) is -1.91. The van der Waals surface area contributed by atoms with E-state index in [4.69, 9.17) is 26.4 Å². The molecule has 1 saturated heterocycles. The Morgan fingerprint density at radius 1 is 1.30 bits per heavy atom. The van der Waals surface area contributed by atoms with Crippen LogP contribution in [-0.4, -0.2) is 34.6 Å². The van der Waals surface area contributed by atoms with Crippen LogP contribution in [0.3, 0.4) is 0 Å². The molecule has 0 radical (unpaired) electrons. The Bertz CT molecular complexity index is 466. The standard InChI is InChI=1S/C12H16N2O2.C3H8O2.C2H6/c13-7-10-4-5-11(16-10)8-2-1-3-9(6-8)12(14)15;1-3(2,4)5;1-2/h1-3,6,10-11H,4-5,7,13H2,(H2,14,15);4-5H,1-2H3;1-2H3. The van der Waals surface area contributed by atoms with Crippen LogP contribution in [0, 0.1) is 0 Å². The fourth-order valence-electron chi connectivity index (χ4n) is 2.02. The van der Waals surface area contributed by atoms with Gasteiger partial charge in [-0.15, -0.1) is 0 Å². The Morgan fingerprint density at radius 2 is 1.87 bits per heavy atom. The van der Waals surface area contributed by atoms with Crippen LogP contribution < -0.4 is 11.5 Å². The maximum Gasteiger partial charge on any atom is 0.248 e. The minimum atomic E-state index is -1.50. The van der Waals surface area contributed by atoms with Crippen molar-refractivity contribution in [3.63, 3.8) is 0 Å². The van der Waals surface area contributed by atoms with Crippen LogP contribution in [0.15, 0.2) is 24.3 Å². The molecular weight excluding hydrogens is 296 g/mol. The number of carbonyl (C=O) groups is 1. The number of nitrogens with two attached hydrogens (primary N) is 2. The quantitative estimate of drug-likeness (QED) is 0.630. The van der Waals surface area contributed by atoms with Crippen LogP contribution in [0.25, 0.3) is 0 Å². The average molecular weight is 326 g/mol. The van der Waals surface area contributed by atoms with Crippen LogP contribution >= 0.6 is 0 Å². The Labute approximate surface area is 138 Å². The fraction of sp³-hybridized carbons (Fsp3) is 0.588.